The molecule has 0 saturated carbocycles. The Labute approximate surface area is 131 Å². The molecule has 0 radical (unpaired) electrons. The summed E-state index contributed by atoms with van der Waals surface area (Å²) in [5.74, 6) is 5.73. The van der Waals surface area contributed by atoms with E-state index in [1.807, 2.05) is 17.8 Å². The molecule has 0 bridgehead atoms. The normalized spacial score (nSPS) is 12.8. The number of thiazole rings is 1. The van der Waals surface area contributed by atoms with Crippen LogP contribution in [0, 0.1) is 6.92 Å². The van der Waals surface area contributed by atoms with Crippen molar-refractivity contribution in [3.63, 3.8) is 0 Å². The van der Waals surface area contributed by atoms with Gasteiger partial charge < -0.3 is 0 Å². The van der Waals surface area contributed by atoms with Crippen LogP contribution < -0.4 is 11.3 Å². The molecule has 1 unspecified atom stereocenters. The highest BCUT2D eigenvalue weighted by atomic mass is 79.9. The molecule has 0 aliphatic rings. The van der Waals surface area contributed by atoms with Gasteiger partial charge in [-0.25, -0.2) is 4.98 Å². The fourth-order valence-corrected chi connectivity index (χ4v) is 3.76. The molecule has 7 heteroatoms. The van der Waals surface area contributed by atoms with Crippen molar-refractivity contribution in [1.29, 1.82) is 0 Å². The number of aromatic nitrogens is 3. The van der Waals surface area contributed by atoms with Crippen LogP contribution in [0.25, 0.3) is 0 Å². The summed E-state index contributed by atoms with van der Waals surface area (Å²) in [5.41, 5.74) is 5.17. The Bertz CT molecular complexity index is 577. The number of rotatable bonds is 6. The fourth-order valence-electron chi connectivity index (χ4n) is 2.19. The molecule has 0 saturated heterocycles. The van der Waals surface area contributed by atoms with E-state index in [1.54, 1.807) is 11.3 Å². The maximum atomic E-state index is 5.73. The average molecular weight is 358 g/mol. The third-order valence-corrected chi connectivity index (χ3v) is 5.22. The predicted octanol–water partition coefficient (Wildman–Crippen LogP) is 2.74. The fraction of sp³-hybridized carbons (Fsp3) is 0.538. The molecule has 0 aromatic carbocycles. The molecule has 2 rings (SSSR count). The van der Waals surface area contributed by atoms with Crippen molar-refractivity contribution in [3.8, 4) is 0 Å². The van der Waals surface area contributed by atoms with Crippen molar-refractivity contribution >= 4 is 27.3 Å². The number of halogens is 1. The first kappa shape index (κ1) is 15.6. The van der Waals surface area contributed by atoms with Crippen LogP contribution in [0.1, 0.15) is 41.2 Å². The second-order valence-corrected chi connectivity index (χ2v) is 6.64. The van der Waals surface area contributed by atoms with Crippen molar-refractivity contribution in [2.45, 2.75) is 46.2 Å². The highest BCUT2D eigenvalue weighted by molar-refractivity contribution is 9.10. The Morgan fingerprint density at radius 2 is 2.25 bits per heavy atom. The molecule has 110 valence electrons. The highest BCUT2D eigenvalue weighted by Crippen LogP contribution is 2.29. The molecule has 3 N–H and O–H groups in total. The summed E-state index contributed by atoms with van der Waals surface area (Å²) >= 11 is 5.35. The van der Waals surface area contributed by atoms with Crippen LogP contribution in [0.4, 0.5) is 0 Å². The third kappa shape index (κ3) is 3.11. The maximum absolute atomic E-state index is 5.73. The maximum Gasteiger partial charge on any atom is 0.0897 e. The number of hydrazine groups is 1. The smallest absolute Gasteiger partial charge is 0.0897 e. The standard InChI is InChI=1S/C13H20BrN5S/c1-4-9-13(14)11(19(5-2)18-9)6-10(17-15)12-7-16-8(3)20-12/h7,10,17H,4-6,15H2,1-3H3. The monoisotopic (exact) mass is 357 g/mol. The van der Waals surface area contributed by atoms with E-state index in [0.29, 0.717) is 0 Å². The Balaban J connectivity index is 2.29. The van der Waals surface area contributed by atoms with E-state index in [-0.39, 0.29) is 6.04 Å². The van der Waals surface area contributed by atoms with Crippen LogP contribution in [0.5, 0.6) is 0 Å². The lowest BCUT2D eigenvalue weighted by molar-refractivity contribution is 0.521. The number of nitrogens with one attached hydrogen (secondary N) is 1. The largest absolute Gasteiger partial charge is 0.271 e. The minimum atomic E-state index is 0.0595. The molecular weight excluding hydrogens is 338 g/mol. The van der Waals surface area contributed by atoms with E-state index in [2.05, 4.69) is 45.3 Å². The van der Waals surface area contributed by atoms with Crippen LogP contribution in [0.15, 0.2) is 10.7 Å². The van der Waals surface area contributed by atoms with Crippen molar-refractivity contribution in [3.05, 3.63) is 31.9 Å². The van der Waals surface area contributed by atoms with Crippen LogP contribution in [0.2, 0.25) is 0 Å². The molecule has 0 aliphatic carbocycles. The van der Waals surface area contributed by atoms with Gasteiger partial charge >= 0.3 is 0 Å². The Morgan fingerprint density at radius 1 is 1.50 bits per heavy atom. The van der Waals surface area contributed by atoms with Crippen molar-refractivity contribution < 1.29 is 0 Å². The molecule has 5 nitrogen and oxygen atoms in total. The number of aryl methyl sites for hydroxylation is 3. The van der Waals surface area contributed by atoms with Gasteiger partial charge in [0.25, 0.3) is 0 Å². The number of nitrogens with zero attached hydrogens (tertiary/aromatic N) is 3. The lowest BCUT2D eigenvalue weighted by Gasteiger charge is -2.15. The second-order valence-electron chi connectivity index (χ2n) is 4.58. The molecule has 0 fully saturated rings. The summed E-state index contributed by atoms with van der Waals surface area (Å²) < 4.78 is 3.14. The van der Waals surface area contributed by atoms with Crippen LogP contribution in [-0.4, -0.2) is 14.8 Å². The quantitative estimate of drug-likeness (QED) is 0.615. The van der Waals surface area contributed by atoms with Crippen molar-refractivity contribution in [2.24, 2.45) is 5.84 Å². The highest BCUT2D eigenvalue weighted by Gasteiger charge is 2.20. The second kappa shape index (κ2) is 6.80. The van der Waals surface area contributed by atoms with E-state index in [4.69, 9.17) is 5.84 Å². The Morgan fingerprint density at radius 3 is 2.75 bits per heavy atom. The summed E-state index contributed by atoms with van der Waals surface area (Å²) in [6.45, 7) is 7.07. The topological polar surface area (TPSA) is 68.8 Å². The van der Waals surface area contributed by atoms with Gasteiger partial charge in [0.2, 0.25) is 0 Å². The Hall–Kier alpha value is -0.760. The van der Waals surface area contributed by atoms with Gasteiger partial charge in [-0.3, -0.25) is 16.0 Å². The lowest BCUT2D eigenvalue weighted by Crippen LogP contribution is -2.29. The molecule has 2 aromatic heterocycles. The van der Waals surface area contributed by atoms with Gasteiger partial charge in [-0.1, -0.05) is 6.92 Å². The van der Waals surface area contributed by atoms with Gasteiger partial charge in [-0.05, 0) is 36.2 Å². The first-order chi connectivity index (χ1) is 9.60. The minimum absolute atomic E-state index is 0.0595. The molecule has 0 aliphatic heterocycles. The zero-order valence-corrected chi connectivity index (χ0v) is 14.4. The minimum Gasteiger partial charge on any atom is -0.271 e. The van der Waals surface area contributed by atoms with Gasteiger partial charge in [0.15, 0.2) is 0 Å². The molecule has 20 heavy (non-hydrogen) atoms. The van der Waals surface area contributed by atoms with Gasteiger partial charge in [0.1, 0.15) is 0 Å². The summed E-state index contributed by atoms with van der Waals surface area (Å²) in [5, 5.41) is 5.68. The Kier molecular flexibility index (Phi) is 5.31. The first-order valence-electron chi connectivity index (χ1n) is 6.73. The van der Waals surface area contributed by atoms with Gasteiger partial charge in [0.05, 0.1) is 26.9 Å². The van der Waals surface area contributed by atoms with E-state index in [0.717, 1.165) is 39.4 Å². The van der Waals surface area contributed by atoms with E-state index in [9.17, 15) is 0 Å². The average Bonchev–Trinajstić information content (AvgIpc) is 3.00. The SMILES string of the molecule is CCc1nn(CC)c(CC(NN)c2cnc(C)s2)c1Br. The number of hydrogen-bond donors (Lipinski definition) is 2. The zero-order chi connectivity index (χ0) is 14.7. The third-order valence-electron chi connectivity index (χ3n) is 3.28. The van der Waals surface area contributed by atoms with Crippen LogP contribution >= 0.6 is 27.3 Å². The molecule has 2 heterocycles. The van der Waals surface area contributed by atoms with E-state index in [1.165, 1.54) is 5.69 Å². The molecule has 0 spiro atoms. The first-order valence-corrected chi connectivity index (χ1v) is 8.34. The van der Waals surface area contributed by atoms with Gasteiger partial charge in [-0.2, -0.15) is 5.10 Å². The van der Waals surface area contributed by atoms with Crippen molar-refractivity contribution in [1.82, 2.24) is 20.2 Å². The van der Waals surface area contributed by atoms with Crippen LogP contribution in [-0.2, 0) is 19.4 Å². The summed E-state index contributed by atoms with van der Waals surface area (Å²) in [4.78, 5) is 5.45. The van der Waals surface area contributed by atoms with Crippen molar-refractivity contribution in [2.75, 3.05) is 0 Å². The summed E-state index contributed by atoms with van der Waals surface area (Å²) in [6.07, 6.45) is 3.60. The molecule has 2 aromatic rings. The van der Waals surface area contributed by atoms with Crippen LogP contribution in [0.3, 0.4) is 0 Å². The van der Waals surface area contributed by atoms with Gasteiger partial charge in [0, 0.05) is 24.0 Å². The lowest BCUT2D eigenvalue weighted by atomic mass is 10.1. The number of hydrogen-bond acceptors (Lipinski definition) is 5. The van der Waals surface area contributed by atoms with Gasteiger partial charge in [-0.15, -0.1) is 11.3 Å². The van der Waals surface area contributed by atoms with E-state index < -0.39 is 0 Å². The molecule has 1 atom stereocenters. The molecule has 0 amide bonds. The summed E-state index contributed by atoms with van der Waals surface area (Å²) in [7, 11) is 0. The van der Waals surface area contributed by atoms with E-state index >= 15 is 0 Å². The molecular formula is C13H20BrN5S. The predicted molar refractivity (Wildman–Crippen MR) is 85.6 cm³/mol. The summed E-state index contributed by atoms with van der Waals surface area (Å²) in [6, 6.07) is 0.0595. The zero-order valence-electron chi connectivity index (χ0n) is 12.0. The number of nitrogens with two attached hydrogens (primary N) is 1.